The summed E-state index contributed by atoms with van der Waals surface area (Å²) in [5.74, 6) is -1.47. The highest BCUT2D eigenvalue weighted by atomic mass is 19.1. The van der Waals surface area contributed by atoms with Gasteiger partial charge in [0.2, 0.25) is 5.91 Å². The minimum Gasteiger partial charge on any atom is -0.394 e. The van der Waals surface area contributed by atoms with Crippen LogP contribution in [0.5, 0.6) is 0 Å². The Hall–Kier alpha value is -4.28. The van der Waals surface area contributed by atoms with Crippen molar-refractivity contribution in [1.82, 2.24) is 14.7 Å². The number of nitrogens with one attached hydrogen (secondary N) is 2. The molecule has 0 radical (unpaired) electrons. The van der Waals surface area contributed by atoms with Crippen LogP contribution >= 0.6 is 0 Å². The van der Waals surface area contributed by atoms with Crippen LogP contribution in [0.15, 0.2) is 66.9 Å². The Morgan fingerprint density at radius 2 is 1.81 bits per heavy atom. The van der Waals surface area contributed by atoms with E-state index in [1.165, 1.54) is 6.07 Å². The monoisotopic (exact) mass is 639 g/mol. The summed E-state index contributed by atoms with van der Waals surface area (Å²) in [6.45, 7) is 3.61. The summed E-state index contributed by atoms with van der Waals surface area (Å²) < 4.78 is 22.6. The number of aliphatic hydroxyl groups excluding tert-OH is 1. The third-order valence-electron chi connectivity index (χ3n) is 10.3. The first kappa shape index (κ1) is 31.3. The number of rotatable bonds is 8. The fourth-order valence-electron chi connectivity index (χ4n) is 7.99. The Labute approximate surface area is 274 Å². The third-order valence-corrected chi connectivity index (χ3v) is 10.3. The molecule has 0 bridgehead atoms. The zero-order valence-corrected chi connectivity index (χ0v) is 26.7. The molecule has 2 aliphatic heterocycles. The van der Waals surface area contributed by atoms with E-state index in [2.05, 4.69) is 15.7 Å². The van der Waals surface area contributed by atoms with E-state index in [9.17, 15) is 14.7 Å². The quantitative estimate of drug-likeness (QED) is 0.216. The molecule has 0 spiro atoms. The number of halogens is 1. The number of hydrogen-bond donors (Lipinski definition) is 3. The smallest absolute Gasteiger partial charge is 0.257 e. The summed E-state index contributed by atoms with van der Waals surface area (Å²) in [5, 5.41) is 21.3. The van der Waals surface area contributed by atoms with Gasteiger partial charge in [0.1, 0.15) is 5.82 Å². The van der Waals surface area contributed by atoms with E-state index in [4.69, 9.17) is 4.74 Å². The number of aryl methyl sites for hydroxylation is 1. The molecular formula is C37H42FN5O4. The van der Waals surface area contributed by atoms with Crippen LogP contribution in [-0.4, -0.2) is 63.5 Å². The molecule has 3 fully saturated rings. The number of nitrogens with zero attached hydrogens (tertiary/aromatic N) is 3. The van der Waals surface area contributed by atoms with Gasteiger partial charge in [-0.05, 0) is 92.5 Å². The van der Waals surface area contributed by atoms with Gasteiger partial charge in [0.15, 0.2) is 0 Å². The lowest BCUT2D eigenvalue weighted by Crippen LogP contribution is -2.54. The van der Waals surface area contributed by atoms with Gasteiger partial charge in [0.05, 0.1) is 42.4 Å². The molecule has 246 valence electrons. The molecule has 4 atom stereocenters. The highest BCUT2D eigenvalue weighted by Gasteiger charge is 2.50. The lowest BCUT2D eigenvalue weighted by atomic mass is 9.76. The normalized spacial score (nSPS) is 23.1. The molecule has 10 heteroatoms. The number of ether oxygens (including phenoxy) is 1. The third kappa shape index (κ3) is 6.24. The average molecular weight is 640 g/mol. The number of likely N-dealkylation sites (tertiary alicyclic amines) is 1. The summed E-state index contributed by atoms with van der Waals surface area (Å²) in [6.07, 6.45) is 6.94. The van der Waals surface area contributed by atoms with Gasteiger partial charge in [0, 0.05) is 42.1 Å². The van der Waals surface area contributed by atoms with Gasteiger partial charge in [-0.1, -0.05) is 30.7 Å². The van der Waals surface area contributed by atoms with Crippen molar-refractivity contribution in [3.8, 4) is 0 Å². The van der Waals surface area contributed by atoms with Crippen molar-refractivity contribution in [2.45, 2.75) is 70.1 Å². The Morgan fingerprint density at radius 3 is 2.57 bits per heavy atom. The Morgan fingerprint density at radius 1 is 1.02 bits per heavy atom. The molecule has 1 aliphatic carbocycles. The molecule has 0 unspecified atom stereocenters. The predicted octanol–water partition coefficient (Wildman–Crippen LogP) is 6.08. The number of anilines is 2. The van der Waals surface area contributed by atoms with Gasteiger partial charge >= 0.3 is 0 Å². The summed E-state index contributed by atoms with van der Waals surface area (Å²) >= 11 is 0. The molecule has 47 heavy (non-hydrogen) atoms. The van der Waals surface area contributed by atoms with Crippen LogP contribution in [0, 0.1) is 24.6 Å². The Balaban J connectivity index is 1.24. The summed E-state index contributed by atoms with van der Waals surface area (Å²) in [4.78, 5) is 30.7. The highest BCUT2D eigenvalue weighted by Crippen LogP contribution is 2.49. The Bertz CT molecular complexity index is 1730. The maximum atomic E-state index is 15.4. The maximum Gasteiger partial charge on any atom is 0.257 e. The van der Waals surface area contributed by atoms with E-state index < -0.39 is 17.8 Å². The number of hydrogen-bond acceptors (Lipinski definition) is 6. The van der Waals surface area contributed by atoms with Crippen molar-refractivity contribution in [2.24, 2.45) is 11.8 Å². The van der Waals surface area contributed by atoms with E-state index in [1.54, 1.807) is 29.9 Å². The van der Waals surface area contributed by atoms with Crippen molar-refractivity contribution in [1.29, 1.82) is 0 Å². The standard InChI is InChI=1S/C37H42FN5O4/c1-23-4-2-6-31(38)34(23)37(46)43-33-7-3-5-25(33)21-30(35(43)24-8-10-27(11-9-24)40-28-14-18-47-19-15-28)36(45)41-29-12-13-32-26(20-29)22-39-42(32)16-17-44/h2,4,6,8-13,20,22,25,28,30,33,35,40,44H,3,5,7,14-19,21H2,1H3,(H,41,45)/t25-,30+,33-,35+/m1/s1. The largest absolute Gasteiger partial charge is 0.394 e. The highest BCUT2D eigenvalue weighted by molar-refractivity contribution is 5.99. The van der Waals surface area contributed by atoms with E-state index in [1.807, 2.05) is 47.4 Å². The predicted molar refractivity (Wildman–Crippen MR) is 179 cm³/mol. The second kappa shape index (κ2) is 13.4. The molecule has 1 aromatic heterocycles. The minimum absolute atomic E-state index is 0.0191. The number of carbonyl (C=O) groups is 2. The maximum absolute atomic E-state index is 15.4. The molecule has 3 heterocycles. The SMILES string of the molecule is Cc1cccc(F)c1C(=O)N1[C@@H]2CCC[C@@H]2C[C@H](C(=O)Nc2ccc3c(cnn3CCO)c2)[C@@H]1c1ccc(NC2CCOCC2)cc1. The molecule has 3 aliphatic rings. The van der Waals surface area contributed by atoms with E-state index in [0.29, 0.717) is 30.3 Å². The number of carbonyl (C=O) groups excluding carboxylic acids is 2. The molecule has 3 N–H and O–H groups in total. The van der Waals surface area contributed by atoms with Gasteiger partial charge in [-0.25, -0.2) is 4.39 Å². The molecule has 9 nitrogen and oxygen atoms in total. The number of piperidine rings is 1. The van der Waals surface area contributed by atoms with Crippen molar-refractivity contribution in [2.75, 3.05) is 30.5 Å². The van der Waals surface area contributed by atoms with Gasteiger partial charge in [-0.15, -0.1) is 0 Å². The number of aliphatic hydroxyl groups is 1. The first-order valence-corrected chi connectivity index (χ1v) is 16.8. The zero-order chi connectivity index (χ0) is 32.5. The van der Waals surface area contributed by atoms with Crippen LogP contribution in [0.25, 0.3) is 10.9 Å². The molecular weight excluding hydrogens is 597 g/mol. The van der Waals surface area contributed by atoms with Crippen LogP contribution in [0.4, 0.5) is 15.8 Å². The minimum atomic E-state index is -0.575. The number of benzene rings is 3. The van der Waals surface area contributed by atoms with Crippen LogP contribution in [0.2, 0.25) is 0 Å². The molecule has 2 saturated heterocycles. The number of amides is 2. The van der Waals surface area contributed by atoms with Crippen LogP contribution in [0.3, 0.4) is 0 Å². The zero-order valence-electron chi connectivity index (χ0n) is 26.7. The molecule has 7 rings (SSSR count). The first-order chi connectivity index (χ1) is 22.9. The van der Waals surface area contributed by atoms with E-state index in [0.717, 1.165) is 67.5 Å². The van der Waals surface area contributed by atoms with Crippen LogP contribution < -0.4 is 10.6 Å². The summed E-state index contributed by atoms with van der Waals surface area (Å²) in [7, 11) is 0. The molecule has 2 amide bonds. The van der Waals surface area contributed by atoms with E-state index in [-0.39, 0.29) is 35.9 Å². The second-order valence-corrected chi connectivity index (χ2v) is 13.2. The lowest BCUT2D eigenvalue weighted by Gasteiger charge is -2.48. The van der Waals surface area contributed by atoms with Gasteiger partial charge in [0.25, 0.3) is 5.91 Å². The van der Waals surface area contributed by atoms with Gasteiger partial charge in [-0.3, -0.25) is 14.3 Å². The van der Waals surface area contributed by atoms with Gasteiger partial charge < -0.3 is 25.4 Å². The fraction of sp³-hybridized carbons (Fsp3) is 0.432. The van der Waals surface area contributed by atoms with Crippen molar-refractivity contribution in [3.63, 3.8) is 0 Å². The number of aromatic nitrogens is 2. The summed E-state index contributed by atoms with van der Waals surface area (Å²) in [6, 6.07) is 18.1. The topological polar surface area (TPSA) is 109 Å². The van der Waals surface area contributed by atoms with Crippen molar-refractivity contribution in [3.05, 3.63) is 89.4 Å². The second-order valence-electron chi connectivity index (χ2n) is 13.2. The molecule has 4 aromatic rings. The van der Waals surface area contributed by atoms with Crippen molar-refractivity contribution >= 4 is 34.1 Å². The van der Waals surface area contributed by atoms with Crippen LogP contribution in [-0.2, 0) is 16.1 Å². The van der Waals surface area contributed by atoms with E-state index >= 15 is 4.39 Å². The Kier molecular flexibility index (Phi) is 8.96. The molecule has 1 saturated carbocycles. The fourth-order valence-corrected chi connectivity index (χ4v) is 7.99. The average Bonchev–Trinajstić information content (AvgIpc) is 3.71. The molecule has 3 aromatic carbocycles. The lowest BCUT2D eigenvalue weighted by molar-refractivity contribution is -0.125. The summed E-state index contributed by atoms with van der Waals surface area (Å²) in [5.41, 5.74) is 4.00. The van der Waals surface area contributed by atoms with Gasteiger partial charge in [-0.2, -0.15) is 5.10 Å². The van der Waals surface area contributed by atoms with Crippen molar-refractivity contribution < 1.29 is 23.8 Å². The first-order valence-electron chi connectivity index (χ1n) is 16.8. The number of fused-ring (bicyclic) bond motifs is 2. The van der Waals surface area contributed by atoms with Crippen LogP contribution in [0.1, 0.15) is 66.1 Å².